The molecule has 1 aliphatic carbocycles. The van der Waals surface area contributed by atoms with Crippen molar-refractivity contribution in [2.45, 2.75) is 65.1 Å². The van der Waals surface area contributed by atoms with Gasteiger partial charge in [-0.3, -0.25) is 19.0 Å². The topological polar surface area (TPSA) is 93.8 Å². The molecule has 32 heavy (non-hydrogen) atoms. The molecule has 1 aromatic carbocycles. The van der Waals surface area contributed by atoms with Gasteiger partial charge in [0.15, 0.2) is 0 Å². The number of hydrogen-bond acceptors (Lipinski definition) is 4. The van der Waals surface area contributed by atoms with Crippen LogP contribution in [0.15, 0.2) is 42.7 Å². The van der Waals surface area contributed by atoms with Gasteiger partial charge in [0.2, 0.25) is 0 Å². The number of rotatable bonds is 6. The Hall–Kier alpha value is -3.42. The van der Waals surface area contributed by atoms with E-state index in [0.717, 1.165) is 24.8 Å². The monoisotopic (exact) mass is 434 g/mol. The number of anilines is 1. The molecule has 1 atom stereocenters. The van der Waals surface area contributed by atoms with Gasteiger partial charge in [0.25, 0.3) is 11.8 Å². The predicted molar refractivity (Wildman–Crippen MR) is 123 cm³/mol. The summed E-state index contributed by atoms with van der Waals surface area (Å²) in [5, 5.41) is 14.7. The summed E-state index contributed by atoms with van der Waals surface area (Å²) in [6.07, 6.45) is 6.10. The van der Waals surface area contributed by atoms with Crippen LogP contribution in [0.5, 0.6) is 0 Å². The van der Waals surface area contributed by atoms with Gasteiger partial charge < -0.3 is 10.6 Å². The number of benzene rings is 1. The van der Waals surface area contributed by atoms with Gasteiger partial charge in [-0.1, -0.05) is 6.07 Å². The van der Waals surface area contributed by atoms with Gasteiger partial charge in [-0.05, 0) is 82.3 Å². The lowest BCUT2D eigenvalue weighted by atomic mass is 9.87. The highest BCUT2D eigenvalue weighted by Crippen LogP contribution is 2.32. The van der Waals surface area contributed by atoms with E-state index >= 15 is 0 Å². The van der Waals surface area contributed by atoms with Crippen LogP contribution in [-0.2, 0) is 6.42 Å². The zero-order chi connectivity index (χ0) is 22.8. The number of nitrogens with one attached hydrogen (secondary N) is 2. The SMILES string of the molecule is CC(C)n1nccc1C(=O)Nc1ccc2c(c1)C(NC(=O)c1ccnn1C(C)C)CCC2. The van der Waals surface area contributed by atoms with E-state index in [9.17, 15) is 9.59 Å². The summed E-state index contributed by atoms with van der Waals surface area (Å²) in [4.78, 5) is 25.8. The highest BCUT2D eigenvalue weighted by atomic mass is 16.2. The van der Waals surface area contributed by atoms with Gasteiger partial charge >= 0.3 is 0 Å². The first-order chi connectivity index (χ1) is 15.3. The molecule has 0 fully saturated rings. The zero-order valence-corrected chi connectivity index (χ0v) is 19.0. The Kier molecular flexibility index (Phi) is 6.12. The largest absolute Gasteiger partial charge is 0.344 e. The highest BCUT2D eigenvalue weighted by Gasteiger charge is 2.25. The lowest BCUT2D eigenvalue weighted by Crippen LogP contribution is -2.33. The molecule has 3 aromatic rings. The maximum absolute atomic E-state index is 13.0. The minimum absolute atomic E-state index is 0.0909. The van der Waals surface area contributed by atoms with E-state index in [1.54, 1.807) is 33.9 Å². The van der Waals surface area contributed by atoms with Crippen molar-refractivity contribution in [1.29, 1.82) is 0 Å². The van der Waals surface area contributed by atoms with Crippen LogP contribution in [0.1, 0.15) is 90.8 Å². The summed E-state index contributed by atoms with van der Waals surface area (Å²) in [7, 11) is 0. The summed E-state index contributed by atoms with van der Waals surface area (Å²) < 4.78 is 3.43. The number of carbonyl (C=O) groups excluding carboxylic acids is 2. The molecule has 2 aromatic heterocycles. The Balaban J connectivity index is 1.54. The van der Waals surface area contributed by atoms with E-state index < -0.39 is 0 Å². The quantitative estimate of drug-likeness (QED) is 0.605. The van der Waals surface area contributed by atoms with E-state index in [1.165, 1.54) is 5.56 Å². The number of aromatic nitrogens is 4. The van der Waals surface area contributed by atoms with Crippen LogP contribution < -0.4 is 10.6 Å². The molecule has 8 heteroatoms. The highest BCUT2D eigenvalue weighted by molar-refractivity contribution is 6.03. The van der Waals surface area contributed by atoms with Crippen molar-refractivity contribution in [2.24, 2.45) is 0 Å². The number of aryl methyl sites for hydroxylation is 1. The molecule has 8 nitrogen and oxygen atoms in total. The minimum atomic E-state index is -0.201. The maximum atomic E-state index is 13.0. The van der Waals surface area contributed by atoms with E-state index in [2.05, 4.69) is 20.8 Å². The predicted octanol–water partition coefficient (Wildman–Crippen LogP) is 4.30. The van der Waals surface area contributed by atoms with Gasteiger partial charge in [0.1, 0.15) is 11.4 Å². The molecule has 168 valence electrons. The van der Waals surface area contributed by atoms with E-state index in [4.69, 9.17) is 0 Å². The molecule has 0 spiro atoms. The first kappa shape index (κ1) is 21.8. The fourth-order valence-corrected chi connectivity index (χ4v) is 4.27. The lowest BCUT2D eigenvalue weighted by Gasteiger charge is -2.27. The maximum Gasteiger partial charge on any atom is 0.273 e. The van der Waals surface area contributed by atoms with Crippen LogP contribution in [0, 0.1) is 0 Å². The first-order valence-corrected chi connectivity index (χ1v) is 11.2. The molecule has 4 rings (SSSR count). The Morgan fingerprint density at radius 2 is 1.56 bits per heavy atom. The molecule has 2 N–H and O–H groups in total. The Morgan fingerprint density at radius 3 is 2.19 bits per heavy atom. The van der Waals surface area contributed by atoms with Gasteiger partial charge in [0.05, 0.1) is 6.04 Å². The Labute approximate surface area is 188 Å². The van der Waals surface area contributed by atoms with Crippen LogP contribution >= 0.6 is 0 Å². The molecule has 2 amide bonds. The van der Waals surface area contributed by atoms with Crippen molar-refractivity contribution in [1.82, 2.24) is 24.9 Å². The Morgan fingerprint density at radius 1 is 0.938 bits per heavy atom. The summed E-state index contributed by atoms with van der Waals surface area (Å²) >= 11 is 0. The second-order valence-corrected chi connectivity index (χ2v) is 8.80. The van der Waals surface area contributed by atoms with Gasteiger partial charge in [-0.15, -0.1) is 0 Å². The first-order valence-electron chi connectivity index (χ1n) is 11.2. The molecule has 0 saturated heterocycles. The van der Waals surface area contributed by atoms with Crippen molar-refractivity contribution < 1.29 is 9.59 Å². The number of fused-ring (bicyclic) bond motifs is 1. The van der Waals surface area contributed by atoms with Crippen LogP contribution in [0.2, 0.25) is 0 Å². The van der Waals surface area contributed by atoms with Crippen molar-refractivity contribution in [3.63, 3.8) is 0 Å². The van der Waals surface area contributed by atoms with Gasteiger partial charge in [0, 0.05) is 30.2 Å². The second-order valence-electron chi connectivity index (χ2n) is 8.80. The number of amides is 2. The van der Waals surface area contributed by atoms with Crippen LogP contribution in [-0.4, -0.2) is 31.4 Å². The van der Waals surface area contributed by atoms with Gasteiger partial charge in [-0.25, -0.2) is 0 Å². The molecule has 2 heterocycles. The summed E-state index contributed by atoms with van der Waals surface area (Å²) in [5.74, 6) is -0.335. The third-order valence-electron chi connectivity index (χ3n) is 5.81. The van der Waals surface area contributed by atoms with Crippen LogP contribution in [0.3, 0.4) is 0 Å². The molecular weight excluding hydrogens is 404 g/mol. The van der Waals surface area contributed by atoms with E-state index in [0.29, 0.717) is 17.1 Å². The van der Waals surface area contributed by atoms with Gasteiger partial charge in [-0.2, -0.15) is 10.2 Å². The molecule has 1 aliphatic rings. The summed E-state index contributed by atoms with van der Waals surface area (Å²) in [6.45, 7) is 7.97. The molecule has 1 unspecified atom stereocenters. The minimum Gasteiger partial charge on any atom is -0.344 e. The van der Waals surface area contributed by atoms with Crippen LogP contribution in [0.25, 0.3) is 0 Å². The van der Waals surface area contributed by atoms with Crippen molar-refractivity contribution in [3.05, 3.63) is 65.2 Å². The standard InChI is InChI=1S/C24H30N6O2/c1-15(2)29-21(10-12-25-29)23(31)27-18-9-8-17-6-5-7-20(19(17)14-18)28-24(32)22-11-13-26-30(22)16(3)4/h8-16,20H,5-7H2,1-4H3,(H,27,31)(H,28,32). The van der Waals surface area contributed by atoms with Crippen LogP contribution in [0.4, 0.5) is 5.69 Å². The Bertz CT molecular complexity index is 1130. The average molecular weight is 435 g/mol. The molecule has 0 bridgehead atoms. The molecular formula is C24H30N6O2. The van der Waals surface area contributed by atoms with E-state index in [-0.39, 0.29) is 29.9 Å². The smallest absolute Gasteiger partial charge is 0.273 e. The van der Waals surface area contributed by atoms with Crippen molar-refractivity contribution >= 4 is 17.5 Å². The second kappa shape index (κ2) is 8.98. The number of hydrogen-bond donors (Lipinski definition) is 2. The summed E-state index contributed by atoms with van der Waals surface area (Å²) in [6, 6.07) is 9.49. The zero-order valence-electron chi connectivity index (χ0n) is 19.0. The molecule has 0 saturated carbocycles. The van der Waals surface area contributed by atoms with Crippen molar-refractivity contribution in [2.75, 3.05) is 5.32 Å². The normalized spacial score (nSPS) is 15.6. The third kappa shape index (κ3) is 4.30. The summed E-state index contributed by atoms with van der Waals surface area (Å²) in [5.41, 5.74) is 4.03. The molecule has 0 radical (unpaired) electrons. The van der Waals surface area contributed by atoms with Crippen molar-refractivity contribution in [3.8, 4) is 0 Å². The van der Waals surface area contributed by atoms with E-state index in [1.807, 2.05) is 45.9 Å². The number of carbonyl (C=O) groups is 2. The fraction of sp³-hybridized carbons (Fsp3) is 0.417. The average Bonchev–Trinajstić information content (AvgIpc) is 3.44. The molecule has 0 aliphatic heterocycles. The fourth-order valence-electron chi connectivity index (χ4n) is 4.27. The number of nitrogens with zero attached hydrogens (tertiary/aromatic N) is 4. The third-order valence-corrected chi connectivity index (χ3v) is 5.81. The lowest BCUT2D eigenvalue weighted by molar-refractivity contribution is 0.0919.